The number of aromatic nitrogens is 4. The number of hydrogen-bond donors (Lipinski definition) is 2. The van der Waals surface area contributed by atoms with Crippen LogP contribution in [0.5, 0.6) is 0 Å². The number of fused-ring (bicyclic) bond motifs is 2. The van der Waals surface area contributed by atoms with Crippen LogP contribution in [-0.4, -0.2) is 39.2 Å². The Hall–Kier alpha value is -4.01. The summed E-state index contributed by atoms with van der Waals surface area (Å²) < 4.78 is 15.1. The number of halogens is 1. The van der Waals surface area contributed by atoms with Crippen LogP contribution in [0.15, 0.2) is 48.7 Å². The monoisotopic (exact) mass is 417 g/mol. The summed E-state index contributed by atoms with van der Waals surface area (Å²) in [6.07, 6.45) is 2.40. The van der Waals surface area contributed by atoms with Crippen molar-refractivity contribution in [3.8, 4) is 5.95 Å². The summed E-state index contributed by atoms with van der Waals surface area (Å²) in [4.78, 5) is 23.3. The summed E-state index contributed by atoms with van der Waals surface area (Å²) in [6, 6.07) is 11.7. The first kappa shape index (κ1) is 19.0. The van der Waals surface area contributed by atoms with Crippen molar-refractivity contribution >= 4 is 28.4 Å². The van der Waals surface area contributed by atoms with Gasteiger partial charge in [0, 0.05) is 31.1 Å². The summed E-state index contributed by atoms with van der Waals surface area (Å²) >= 11 is 0. The summed E-state index contributed by atoms with van der Waals surface area (Å²) in [6.45, 7) is 1.25. The van der Waals surface area contributed by atoms with E-state index in [9.17, 15) is 9.18 Å². The first-order chi connectivity index (χ1) is 15.0. The lowest BCUT2D eigenvalue weighted by atomic mass is 10.1. The molecule has 156 valence electrons. The molecule has 5 rings (SSSR count). The van der Waals surface area contributed by atoms with Crippen LogP contribution in [0, 0.1) is 5.82 Å². The maximum Gasteiger partial charge on any atom is 0.255 e. The molecule has 0 unspecified atom stereocenters. The number of hydrogen-bond acceptors (Lipinski definition) is 6. The Balaban J connectivity index is 1.58. The first-order valence-corrected chi connectivity index (χ1v) is 9.88. The average molecular weight is 417 g/mol. The van der Waals surface area contributed by atoms with Gasteiger partial charge in [0.1, 0.15) is 17.5 Å². The number of nitrogens with one attached hydrogen (secondary N) is 1. The third-order valence-electron chi connectivity index (χ3n) is 5.45. The van der Waals surface area contributed by atoms with E-state index in [1.807, 2.05) is 19.2 Å². The molecule has 1 aliphatic heterocycles. The van der Waals surface area contributed by atoms with Gasteiger partial charge < -0.3 is 16.0 Å². The zero-order valence-corrected chi connectivity index (χ0v) is 16.8. The quantitative estimate of drug-likeness (QED) is 0.518. The number of nitrogens with two attached hydrogens (primary N) is 1. The summed E-state index contributed by atoms with van der Waals surface area (Å²) in [7, 11) is 1.98. The molecule has 0 radical (unpaired) electrons. The predicted molar refractivity (Wildman–Crippen MR) is 116 cm³/mol. The first-order valence-electron chi connectivity index (χ1n) is 9.88. The number of likely N-dealkylation sites (N-methyl/N-ethyl adjacent to an activating group) is 1. The topological polar surface area (TPSA) is 102 Å². The predicted octanol–water partition coefficient (Wildman–Crippen LogP) is 2.66. The van der Waals surface area contributed by atoms with E-state index >= 15 is 0 Å². The van der Waals surface area contributed by atoms with Gasteiger partial charge in [-0.25, -0.2) is 4.39 Å². The number of rotatable bonds is 5. The third-order valence-corrected chi connectivity index (χ3v) is 5.45. The lowest BCUT2D eigenvalue weighted by molar-refractivity contribution is 0.100. The lowest BCUT2D eigenvalue weighted by Gasteiger charge is -2.15. The highest BCUT2D eigenvalue weighted by Crippen LogP contribution is 2.32. The lowest BCUT2D eigenvalue weighted by Crippen LogP contribution is -2.16. The van der Waals surface area contributed by atoms with Crippen LogP contribution in [0.4, 0.5) is 16.0 Å². The minimum absolute atomic E-state index is 0.277. The minimum Gasteiger partial charge on any atom is -0.366 e. The second-order valence-corrected chi connectivity index (χ2v) is 7.49. The highest BCUT2D eigenvalue weighted by Gasteiger charge is 2.25. The molecule has 31 heavy (non-hydrogen) atoms. The van der Waals surface area contributed by atoms with E-state index < -0.39 is 5.91 Å². The molecular weight excluding hydrogens is 397 g/mol. The molecule has 0 saturated heterocycles. The highest BCUT2D eigenvalue weighted by molar-refractivity contribution is 6.05. The number of nitrogens with zero attached hydrogens (tertiary/aromatic N) is 5. The van der Waals surface area contributed by atoms with Crippen LogP contribution in [0.25, 0.3) is 16.9 Å². The highest BCUT2D eigenvalue weighted by atomic mass is 19.1. The molecular formula is C22H20FN7O. The number of carbonyl (C=O) groups is 1. The van der Waals surface area contributed by atoms with Gasteiger partial charge in [-0.1, -0.05) is 18.2 Å². The molecule has 9 heteroatoms. The number of benzene rings is 2. The van der Waals surface area contributed by atoms with Crippen LogP contribution in [-0.2, 0) is 13.0 Å². The normalized spacial score (nSPS) is 12.9. The maximum absolute atomic E-state index is 13.5. The Morgan fingerprint density at radius 3 is 2.87 bits per heavy atom. The molecule has 3 N–H and O–H groups in total. The second-order valence-electron chi connectivity index (χ2n) is 7.49. The van der Waals surface area contributed by atoms with E-state index in [2.05, 4.69) is 15.3 Å². The molecule has 0 atom stereocenters. The molecule has 0 spiro atoms. The molecule has 0 bridgehead atoms. The Kier molecular flexibility index (Phi) is 4.50. The van der Waals surface area contributed by atoms with E-state index in [-0.39, 0.29) is 5.82 Å². The van der Waals surface area contributed by atoms with Gasteiger partial charge in [-0.3, -0.25) is 4.79 Å². The van der Waals surface area contributed by atoms with Gasteiger partial charge >= 0.3 is 0 Å². The second kappa shape index (κ2) is 7.35. The van der Waals surface area contributed by atoms with Crippen LogP contribution in [0.3, 0.4) is 0 Å². The van der Waals surface area contributed by atoms with Gasteiger partial charge in [-0.15, -0.1) is 0 Å². The molecule has 0 aliphatic carbocycles. The summed E-state index contributed by atoms with van der Waals surface area (Å²) in [5.41, 5.74) is 8.41. The molecule has 8 nitrogen and oxygen atoms in total. The SMILES string of the molecule is CN1CCc2c(NCc3cccc(F)c3)nc(-n3ncc4c(C(N)=O)cccc43)nc21. The van der Waals surface area contributed by atoms with Crippen LogP contribution in [0.1, 0.15) is 21.5 Å². The van der Waals surface area contributed by atoms with Crippen molar-refractivity contribution in [3.63, 3.8) is 0 Å². The van der Waals surface area contributed by atoms with Gasteiger partial charge in [0.05, 0.1) is 17.3 Å². The Morgan fingerprint density at radius 1 is 1.23 bits per heavy atom. The number of amides is 1. The summed E-state index contributed by atoms with van der Waals surface area (Å²) in [5, 5.41) is 8.39. The zero-order chi connectivity index (χ0) is 21.5. The third kappa shape index (κ3) is 3.33. The largest absolute Gasteiger partial charge is 0.366 e. The van der Waals surface area contributed by atoms with Crippen molar-refractivity contribution in [2.45, 2.75) is 13.0 Å². The number of primary amides is 1. The van der Waals surface area contributed by atoms with Crippen molar-refractivity contribution in [2.75, 3.05) is 23.8 Å². The summed E-state index contributed by atoms with van der Waals surface area (Å²) in [5.74, 6) is 1.09. The molecule has 2 aromatic heterocycles. The molecule has 0 saturated carbocycles. The van der Waals surface area contributed by atoms with Gasteiger partial charge in [0.2, 0.25) is 5.91 Å². The van der Waals surface area contributed by atoms with Gasteiger partial charge in [-0.2, -0.15) is 19.7 Å². The van der Waals surface area contributed by atoms with Crippen molar-refractivity contribution < 1.29 is 9.18 Å². The number of anilines is 2. The Labute approximate surface area is 177 Å². The number of carbonyl (C=O) groups excluding carboxylic acids is 1. The standard InChI is InChI=1S/C22H20FN7O/c1-29-9-8-16-20(25-11-13-4-2-5-14(23)10-13)27-22(28-21(16)29)30-18-7-3-6-15(19(24)31)17(18)12-26-30/h2-7,10,12H,8-9,11H2,1H3,(H2,24,31)(H,25,27,28). The minimum atomic E-state index is -0.516. The molecule has 1 aliphatic rings. The molecule has 2 aromatic carbocycles. The van der Waals surface area contributed by atoms with E-state index in [1.54, 1.807) is 29.1 Å². The Bertz CT molecular complexity index is 1320. The molecule has 1 amide bonds. The molecule has 3 heterocycles. The van der Waals surface area contributed by atoms with E-state index in [4.69, 9.17) is 15.7 Å². The van der Waals surface area contributed by atoms with Crippen LogP contribution < -0.4 is 16.0 Å². The fraction of sp³-hybridized carbons (Fsp3) is 0.182. The average Bonchev–Trinajstić information content (AvgIpc) is 3.35. The van der Waals surface area contributed by atoms with Crippen molar-refractivity contribution in [1.29, 1.82) is 0 Å². The van der Waals surface area contributed by atoms with Gasteiger partial charge in [0.25, 0.3) is 5.95 Å². The van der Waals surface area contributed by atoms with Crippen LogP contribution >= 0.6 is 0 Å². The van der Waals surface area contributed by atoms with Crippen molar-refractivity contribution in [2.24, 2.45) is 5.73 Å². The van der Waals surface area contributed by atoms with E-state index in [0.717, 1.165) is 29.9 Å². The van der Waals surface area contributed by atoms with Crippen molar-refractivity contribution in [1.82, 2.24) is 19.7 Å². The Morgan fingerprint density at radius 2 is 2.06 bits per heavy atom. The van der Waals surface area contributed by atoms with Gasteiger partial charge in [-0.05, 0) is 36.2 Å². The van der Waals surface area contributed by atoms with Gasteiger partial charge in [0.15, 0.2) is 0 Å². The zero-order valence-electron chi connectivity index (χ0n) is 16.8. The van der Waals surface area contributed by atoms with E-state index in [0.29, 0.717) is 34.8 Å². The molecule has 0 fully saturated rings. The molecule has 4 aromatic rings. The smallest absolute Gasteiger partial charge is 0.255 e. The van der Waals surface area contributed by atoms with E-state index in [1.165, 1.54) is 12.1 Å². The van der Waals surface area contributed by atoms with Crippen molar-refractivity contribution in [3.05, 3.63) is 71.2 Å². The maximum atomic E-state index is 13.5. The fourth-order valence-corrected chi connectivity index (χ4v) is 3.89. The fourth-order valence-electron chi connectivity index (χ4n) is 3.89. The van der Waals surface area contributed by atoms with Crippen LogP contribution in [0.2, 0.25) is 0 Å².